The van der Waals surface area contributed by atoms with Gasteiger partial charge in [0.15, 0.2) is 0 Å². The van der Waals surface area contributed by atoms with Crippen molar-refractivity contribution in [2.75, 3.05) is 5.33 Å². The van der Waals surface area contributed by atoms with Gasteiger partial charge in [-0.05, 0) is 26.2 Å². The van der Waals surface area contributed by atoms with Crippen molar-refractivity contribution >= 4 is 21.8 Å². The van der Waals surface area contributed by atoms with E-state index in [1.807, 2.05) is 0 Å². The summed E-state index contributed by atoms with van der Waals surface area (Å²) in [5.41, 5.74) is 0. The fourth-order valence-corrected chi connectivity index (χ4v) is 1.71. The van der Waals surface area contributed by atoms with Gasteiger partial charge in [0, 0.05) is 17.8 Å². The summed E-state index contributed by atoms with van der Waals surface area (Å²) in [6.45, 7) is 4.25. The van der Waals surface area contributed by atoms with Crippen LogP contribution >= 0.6 is 15.9 Å². The van der Waals surface area contributed by atoms with Gasteiger partial charge in [-0.15, -0.1) is 0 Å². The Morgan fingerprint density at radius 1 is 1.36 bits per heavy atom. The van der Waals surface area contributed by atoms with Crippen LogP contribution in [-0.2, 0) is 4.79 Å². The second-order valence-corrected chi connectivity index (χ2v) is 4.55. The topological polar surface area (TPSA) is 29.1 Å². The SMILES string of the molecule is CCCCC(C)NC(=O)CCCCBr. The normalized spacial score (nSPS) is 12.5. The maximum absolute atomic E-state index is 11.4. The van der Waals surface area contributed by atoms with Gasteiger partial charge in [-0.3, -0.25) is 4.79 Å². The second kappa shape index (κ2) is 9.50. The number of carbonyl (C=O) groups excluding carboxylic acids is 1. The lowest BCUT2D eigenvalue weighted by Gasteiger charge is -2.12. The van der Waals surface area contributed by atoms with Crippen LogP contribution in [0.25, 0.3) is 0 Å². The van der Waals surface area contributed by atoms with Gasteiger partial charge in [0.1, 0.15) is 0 Å². The molecule has 0 aromatic heterocycles. The molecule has 0 fully saturated rings. The Morgan fingerprint density at radius 2 is 2.07 bits per heavy atom. The molecule has 0 aliphatic rings. The zero-order chi connectivity index (χ0) is 10.8. The number of amides is 1. The quantitative estimate of drug-likeness (QED) is 0.529. The van der Waals surface area contributed by atoms with Gasteiger partial charge in [-0.25, -0.2) is 0 Å². The van der Waals surface area contributed by atoms with Gasteiger partial charge in [0.25, 0.3) is 0 Å². The zero-order valence-electron chi connectivity index (χ0n) is 9.31. The molecule has 1 atom stereocenters. The van der Waals surface area contributed by atoms with Crippen LogP contribution in [0.2, 0.25) is 0 Å². The highest BCUT2D eigenvalue weighted by Crippen LogP contribution is 2.02. The Labute approximate surface area is 96.0 Å². The number of carbonyl (C=O) groups is 1. The van der Waals surface area contributed by atoms with Crippen molar-refractivity contribution in [1.29, 1.82) is 0 Å². The second-order valence-electron chi connectivity index (χ2n) is 3.76. The smallest absolute Gasteiger partial charge is 0.220 e. The van der Waals surface area contributed by atoms with Gasteiger partial charge in [-0.2, -0.15) is 0 Å². The van der Waals surface area contributed by atoms with E-state index in [-0.39, 0.29) is 5.91 Å². The third-order valence-electron chi connectivity index (χ3n) is 2.19. The molecule has 0 radical (unpaired) electrons. The van der Waals surface area contributed by atoms with Gasteiger partial charge in [0.05, 0.1) is 0 Å². The molecule has 0 heterocycles. The summed E-state index contributed by atoms with van der Waals surface area (Å²) >= 11 is 3.35. The molecule has 0 aliphatic carbocycles. The molecule has 14 heavy (non-hydrogen) atoms. The summed E-state index contributed by atoms with van der Waals surface area (Å²) in [5.74, 6) is 0.203. The van der Waals surface area contributed by atoms with Crippen molar-refractivity contribution < 1.29 is 4.79 Å². The molecular weight excluding hydrogens is 242 g/mol. The molecule has 1 unspecified atom stereocenters. The molecule has 1 N–H and O–H groups in total. The minimum absolute atomic E-state index is 0.203. The number of hydrogen-bond acceptors (Lipinski definition) is 1. The van der Waals surface area contributed by atoms with E-state index in [9.17, 15) is 4.79 Å². The number of halogens is 1. The van der Waals surface area contributed by atoms with Crippen LogP contribution in [-0.4, -0.2) is 17.3 Å². The molecule has 0 aromatic carbocycles. The van der Waals surface area contributed by atoms with Crippen molar-refractivity contribution in [2.24, 2.45) is 0 Å². The molecule has 0 saturated carbocycles. The largest absolute Gasteiger partial charge is 0.354 e. The first kappa shape index (κ1) is 13.9. The maximum atomic E-state index is 11.4. The molecular formula is C11H22BrNO. The Hall–Kier alpha value is -0.0500. The minimum Gasteiger partial charge on any atom is -0.354 e. The first-order valence-corrected chi connectivity index (χ1v) is 6.68. The van der Waals surface area contributed by atoms with E-state index in [0.29, 0.717) is 12.5 Å². The molecule has 0 aliphatic heterocycles. The number of nitrogens with one attached hydrogen (secondary N) is 1. The van der Waals surface area contributed by atoms with Crippen molar-refractivity contribution in [3.05, 3.63) is 0 Å². The average Bonchev–Trinajstić information content (AvgIpc) is 2.15. The summed E-state index contributed by atoms with van der Waals surface area (Å²) in [5, 5.41) is 4.01. The van der Waals surface area contributed by atoms with Crippen LogP contribution < -0.4 is 5.32 Å². The number of rotatable bonds is 8. The Morgan fingerprint density at radius 3 is 2.64 bits per heavy atom. The summed E-state index contributed by atoms with van der Waals surface area (Å²) < 4.78 is 0. The highest BCUT2D eigenvalue weighted by atomic mass is 79.9. The lowest BCUT2D eigenvalue weighted by Crippen LogP contribution is -2.32. The van der Waals surface area contributed by atoms with Gasteiger partial charge < -0.3 is 5.32 Å². The number of unbranched alkanes of at least 4 members (excludes halogenated alkanes) is 2. The molecule has 3 heteroatoms. The van der Waals surface area contributed by atoms with E-state index >= 15 is 0 Å². The molecule has 0 rings (SSSR count). The van der Waals surface area contributed by atoms with E-state index in [0.717, 1.165) is 24.6 Å². The summed E-state index contributed by atoms with van der Waals surface area (Å²) in [6.07, 6.45) is 6.23. The summed E-state index contributed by atoms with van der Waals surface area (Å²) in [4.78, 5) is 11.4. The lowest BCUT2D eigenvalue weighted by molar-refractivity contribution is -0.121. The molecule has 2 nitrogen and oxygen atoms in total. The first-order chi connectivity index (χ1) is 6.70. The fourth-order valence-electron chi connectivity index (χ4n) is 1.31. The molecule has 0 aromatic rings. The van der Waals surface area contributed by atoms with E-state index < -0.39 is 0 Å². The Kier molecular flexibility index (Phi) is 9.47. The lowest BCUT2D eigenvalue weighted by atomic mass is 10.1. The molecule has 84 valence electrons. The maximum Gasteiger partial charge on any atom is 0.220 e. The summed E-state index contributed by atoms with van der Waals surface area (Å²) in [6, 6.07) is 0.339. The van der Waals surface area contributed by atoms with Gasteiger partial charge in [0.2, 0.25) is 5.91 Å². The van der Waals surface area contributed by atoms with E-state index in [1.54, 1.807) is 0 Å². The van der Waals surface area contributed by atoms with Crippen LogP contribution in [0.5, 0.6) is 0 Å². The van der Waals surface area contributed by atoms with Crippen LogP contribution in [0.4, 0.5) is 0 Å². The van der Waals surface area contributed by atoms with Gasteiger partial charge in [-0.1, -0.05) is 35.7 Å². The van der Waals surface area contributed by atoms with Crippen LogP contribution in [0.15, 0.2) is 0 Å². The third kappa shape index (κ3) is 8.54. The van der Waals surface area contributed by atoms with Crippen LogP contribution in [0.3, 0.4) is 0 Å². The third-order valence-corrected chi connectivity index (χ3v) is 2.75. The van der Waals surface area contributed by atoms with Crippen molar-refractivity contribution in [2.45, 2.75) is 58.4 Å². The fraction of sp³-hybridized carbons (Fsp3) is 0.909. The standard InChI is InChI=1S/C11H22BrNO/c1-3-4-7-10(2)13-11(14)8-5-6-9-12/h10H,3-9H2,1-2H3,(H,13,14). The van der Waals surface area contributed by atoms with E-state index in [2.05, 4.69) is 35.1 Å². The molecule has 0 bridgehead atoms. The number of hydrogen-bond donors (Lipinski definition) is 1. The Bertz CT molecular complexity index is 150. The number of alkyl halides is 1. The van der Waals surface area contributed by atoms with Crippen molar-refractivity contribution in [3.8, 4) is 0 Å². The Balaban J connectivity index is 3.40. The van der Waals surface area contributed by atoms with Crippen LogP contribution in [0, 0.1) is 0 Å². The predicted octanol–water partition coefficient (Wildman–Crippen LogP) is 3.25. The van der Waals surface area contributed by atoms with E-state index in [4.69, 9.17) is 0 Å². The average molecular weight is 264 g/mol. The molecule has 0 spiro atoms. The van der Waals surface area contributed by atoms with Crippen LogP contribution in [0.1, 0.15) is 52.4 Å². The van der Waals surface area contributed by atoms with Crippen molar-refractivity contribution in [3.63, 3.8) is 0 Å². The summed E-state index contributed by atoms with van der Waals surface area (Å²) in [7, 11) is 0. The molecule has 0 saturated heterocycles. The monoisotopic (exact) mass is 263 g/mol. The molecule has 1 amide bonds. The highest BCUT2D eigenvalue weighted by Gasteiger charge is 2.05. The van der Waals surface area contributed by atoms with Crippen molar-refractivity contribution in [1.82, 2.24) is 5.32 Å². The first-order valence-electron chi connectivity index (χ1n) is 5.56. The minimum atomic E-state index is 0.203. The van der Waals surface area contributed by atoms with E-state index in [1.165, 1.54) is 12.8 Å². The van der Waals surface area contributed by atoms with Gasteiger partial charge >= 0.3 is 0 Å². The predicted molar refractivity (Wildman–Crippen MR) is 64.8 cm³/mol. The highest BCUT2D eigenvalue weighted by molar-refractivity contribution is 9.09. The zero-order valence-corrected chi connectivity index (χ0v) is 10.9.